The van der Waals surface area contributed by atoms with E-state index >= 15 is 0 Å². The molecule has 3 rings (SSSR count). The van der Waals surface area contributed by atoms with Crippen molar-refractivity contribution < 1.29 is 32.2 Å². The summed E-state index contributed by atoms with van der Waals surface area (Å²) >= 11 is 0. The Morgan fingerprint density at radius 2 is 1.45 bits per heavy atom. The fourth-order valence-electron chi connectivity index (χ4n) is 3.54. The highest BCUT2D eigenvalue weighted by atomic mass is 19.4. The highest BCUT2D eigenvalue weighted by Crippen LogP contribution is 2.40. The molecule has 0 aliphatic carbocycles. The van der Waals surface area contributed by atoms with Crippen molar-refractivity contribution >= 4 is 17.6 Å². The number of rotatable bonds is 6. The molecule has 1 aliphatic rings. The number of carbonyl (C=O) groups excluding carboxylic acids is 2. The van der Waals surface area contributed by atoms with Crippen molar-refractivity contribution in [3.05, 3.63) is 88.8 Å². The molecule has 1 aliphatic heterocycles. The monoisotopic (exact) mass is 459 g/mol. The van der Waals surface area contributed by atoms with Gasteiger partial charge in [0.1, 0.15) is 0 Å². The molecule has 0 atom stereocenters. The van der Waals surface area contributed by atoms with Crippen LogP contribution >= 0.6 is 0 Å². The molecule has 0 saturated heterocycles. The molecule has 5 nitrogen and oxygen atoms in total. The molecule has 1 heterocycles. The number of benzene rings is 2. The lowest BCUT2D eigenvalue weighted by Gasteiger charge is -2.30. The largest absolute Gasteiger partial charge is 0.463 e. The van der Waals surface area contributed by atoms with Gasteiger partial charge in [-0.3, -0.25) is 0 Å². The first kappa shape index (κ1) is 24.1. The summed E-state index contributed by atoms with van der Waals surface area (Å²) in [5.41, 5.74) is 0.984. The Kier molecular flexibility index (Phi) is 7.26. The minimum atomic E-state index is -4.58. The average Bonchev–Trinajstić information content (AvgIpc) is 2.78. The number of aryl methyl sites for hydroxylation is 1. The van der Waals surface area contributed by atoms with Crippen LogP contribution in [0.2, 0.25) is 0 Å². The number of halogens is 3. The van der Waals surface area contributed by atoms with Gasteiger partial charge < -0.3 is 14.4 Å². The topological polar surface area (TPSA) is 55.8 Å². The quantitative estimate of drug-likeness (QED) is 0.533. The first-order chi connectivity index (χ1) is 15.7. The fraction of sp³-hybridized carbons (Fsp3) is 0.280. The summed E-state index contributed by atoms with van der Waals surface area (Å²) in [7, 11) is 0. The molecule has 33 heavy (non-hydrogen) atoms. The van der Waals surface area contributed by atoms with E-state index in [9.17, 15) is 22.8 Å². The van der Waals surface area contributed by atoms with Crippen molar-refractivity contribution in [1.82, 2.24) is 0 Å². The maximum absolute atomic E-state index is 13.4. The zero-order chi connectivity index (χ0) is 24.2. The molecular formula is C25H24F3NO4. The number of nitrogens with zero attached hydrogens (tertiary/aromatic N) is 1. The lowest BCUT2D eigenvalue weighted by Crippen LogP contribution is -2.29. The number of ether oxygens (including phenoxy) is 2. The van der Waals surface area contributed by atoms with Gasteiger partial charge in [-0.25, -0.2) is 9.59 Å². The van der Waals surface area contributed by atoms with Crippen LogP contribution in [0.1, 0.15) is 36.5 Å². The average molecular weight is 459 g/mol. The van der Waals surface area contributed by atoms with E-state index in [0.717, 1.165) is 17.7 Å². The third-order valence-corrected chi connectivity index (χ3v) is 5.08. The Balaban J connectivity index is 2.20. The van der Waals surface area contributed by atoms with Crippen LogP contribution in [-0.4, -0.2) is 25.2 Å². The van der Waals surface area contributed by atoms with Gasteiger partial charge in [-0.1, -0.05) is 35.9 Å². The van der Waals surface area contributed by atoms with Crippen molar-refractivity contribution in [2.45, 2.75) is 32.9 Å². The zero-order valence-electron chi connectivity index (χ0n) is 18.5. The zero-order valence-corrected chi connectivity index (χ0v) is 18.5. The summed E-state index contributed by atoms with van der Waals surface area (Å²) in [6, 6.07) is 11.9. The number of carbonyl (C=O) groups is 2. The van der Waals surface area contributed by atoms with Crippen molar-refractivity contribution in [2.24, 2.45) is 0 Å². The molecule has 174 valence electrons. The van der Waals surface area contributed by atoms with E-state index in [1.54, 1.807) is 30.9 Å². The normalized spacial score (nSPS) is 14.4. The Hall–Kier alpha value is -3.55. The van der Waals surface area contributed by atoms with Crippen LogP contribution in [0.5, 0.6) is 0 Å². The number of esters is 2. The molecule has 0 fully saturated rings. The van der Waals surface area contributed by atoms with Crippen LogP contribution in [0.15, 0.2) is 72.1 Å². The van der Waals surface area contributed by atoms with E-state index in [1.807, 2.05) is 19.1 Å². The van der Waals surface area contributed by atoms with E-state index in [4.69, 9.17) is 9.47 Å². The molecule has 0 spiro atoms. The number of hydrogen-bond acceptors (Lipinski definition) is 5. The molecular weight excluding hydrogens is 435 g/mol. The standard InChI is InChI=1S/C25H24F3NO4/c1-4-32-23(30)20-14-29(19-11-9-16(3)10-12-19)15-21(24(31)33-5-2)22(20)17-7-6-8-18(13-17)25(26,27)28/h6-15,22H,4-5H2,1-3H3. The Labute approximate surface area is 190 Å². The van der Waals surface area contributed by atoms with Gasteiger partial charge in [0.2, 0.25) is 0 Å². The Bertz CT molecular complexity index is 1050. The molecule has 0 bridgehead atoms. The van der Waals surface area contributed by atoms with Crippen molar-refractivity contribution in [2.75, 3.05) is 18.1 Å². The summed E-state index contributed by atoms with van der Waals surface area (Å²) in [5, 5.41) is 0. The van der Waals surface area contributed by atoms with Crippen LogP contribution in [-0.2, 0) is 25.2 Å². The summed E-state index contributed by atoms with van der Waals surface area (Å²) in [6.07, 6.45) is -1.62. The third-order valence-electron chi connectivity index (χ3n) is 5.08. The first-order valence-electron chi connectivity index (χ1n) is 10.5. The van der Waals surface area contributed by atoms with Crippen LogP contribution in [0.25, 0.3) is 0 Å². The summed E-state index contributed by atoms with van der Waals surface area (Å²) in [4.78, 5) is 27.4. The fourth-order valence-corrected chi connectivity index (χ4v) is 3.54. The maximum Gasteiger partial charge on any atom is 0.416 e. The Morgan fingerprint density at radius 3 is 1.94 bits per heavy atom. The van der Waals surface area contributed by atoms with Gasteiger partial charge in [0.25, 0.3) is 0 Å². The third kappa shape index (κ3) is 5.45. The molecule has 0 aromatic heterocycles. The molecule has 0 N–H and O–H groups in total. The van der Waals surface area contributed by atoms with Crippen LogP contribution in [0.3, 0.4) is 0 Å². The summed E-state index contributed by atoms with van der Waals surface area (Å²) in [6.45, 7) is 5.30. The SMILES string of the molecule is CCOC(=O)C1=CN(c2ccc(C)cc2)C=C(C(=O)OCC)C1c1cccc(C(F)(F)F)c1. The van der Waals surface area contributed by atoms with E-state index in [1.165, 1.54) is 24.5 Å². The Morgan fingerprint density at radius 1 is 0.909 bits per heavy atom. The van der Waals surface area contributed by atoms with E-state index in [-0.39, 0.29) is 29.9 Å². The molecule has 0 saturated carbocycles. The van der Waals surface area contributed by atoms with Crippen LogP contribution in [0.4, 0.5) is 18.9 Å². The van der Waals surface area contributed by atoms with E-state index in [0.29, 0.717) is 5.69 Å². The van der Waals surface area contributed by atoms with Crippen LogP contribution in [0, 0.1) is 6.92 Å². The predicted molar refractivity (Wildman–Crippen MR) is 117 cm³/mol. The lowest BCUT2D eigenvalue weighted by atomic mass is 9.82. The molecule has 0 amide bonds. The second-order valence-corrected chi connectivity index (χ2v) is 7.41. The molecule has 0 radical (unpaired) electrons. The van der Waals surface area contributed by atoms with Gasteiger partial charge in [0.05, 0.1) is 35.8 Å². The van der Waals surface area contributed by atoms with Crippen LogP contribution < -0.4 is 4.90 Å². The maximum atomic E-state index is 13.4. The number of alkyl halides is 3. The lowest BCUT2D eigenvalue weighted by molar-refractivity contribution is -0.139. The second kappa shape index (κ2) is 9.94. The summed E-state index contributed by atoms with van der Waals surface area (Å²) in [5.74, 6) is -2.55. The van der Waals surface area contributed by atoms with Gasteiger partial charge in [0, 0.05) is 18.1 Å². The van der Waals surface area contributed by atoms with Crippen molar-refractivity contribution in [1.29, 1.82) is 0 Å². The van der Waals surface area contributed by atoms with Crippen molar-refractivity contribution in [3.63, 3.8) is 0 Å². The predicted octanol–water partition coefficient (Wildman–Crippen LogP) is 5.51. The molecule has 8 heteroatoms. The number of hydrogen-bond donors (Lipinski definition) is 0. The highest BCUT2D eigenvalue weighted by molar-refractivity contribution is 6.00. The van der Waals surface area contributed by atoms with Gasteiger partial charge >= 0.3 is 18.1 Å². The van der Waals surface area contributed by atoms with Gasteiger partial charge in [0.15, 0.2) is 0 Å². The van der Waals surface area contributed by atoms with Gasteiger partial charge in [-0.05, 0) is 44.5 Å². The molecule has 0 unspecified atom stereocenters. The van der Waals surface area contributed by atoms with E-state index < -0.39 is 29.6 Å². The molecule has 2 aromatic rings. The van der Waals surface area contributed by atoms with Gasteiger partial charge in [-0.15, -0.1) is 0 Å². The first-order valence-corrected chi connectivity index (χ1v) is 10.5. The van der Waals surface area contributed by atoms with E-state index in [2.05, 4.69) is 0 Å². The minimum Gasteiger partial charge on any atom is -0.463 e. The second-order valence-electron chi connectivity index (χ2n) is 7.41. The van der Waals surface area contributed by atoms with Gasteiger partial charge in [-0.2, -0.15) is 13.2 Å². The smallest absolute Gasteiger partial charge is 0.416 e. The number of anilines is 1. The molecule has 2 aromatic carbocycles. The highest BCUT2D eigenvalue weighted by Gasteiger charge is 2.38. The van der Waals surface area contributed by atoms with Crippen molar-refractivity contribution in [3.8, 4) is 0 Å². The summed E-state index contributed by atoms with van der Waals surface area (Å²) < 4.78 is 50.5. The minimum absolute atomic E-state index is 0.0299.